The Balaban J connectivity index is 1.50. The van der Waals surface area contributed by atoms with Gasteiger partial charge in [-0.3, -0.25) is 9.48 Å². The lowest BCUT2D eigenvalue weighted by molar-refractivity contribution is 0.102. The standard InChI is InChI=1S/C27H28N6O/c1-4-17-10-9-11-18(5-2)22(17)30-26(34)24-21-15-14-19-16-28-27(29-20-12-7-6-8-13-20)31-23(19)25(21)33(3)32-24/h6-13,16H,4-5,14-15H2,1-3H3,(H,30,34)(H,28,29,31). The van der Waals surface area contributed by atoms with Crippen LogP contribution < -0.4 is 10.6 Å². The van der Waals surface area contributed by atoms with E-state index in [1.54, 1.807) is 4.68 Å². The third kappa shape index (κ3) is 3.94. The van der Waals surface area contributed by atoms with Gasteiger partial charge in [-0.2, -0.15) is 5.10 Å². The Kier molecular flexibility index (Phi) is 5.84. The van der Waals surface area contributed by atoms with Gasteiger partial charge in [0.25, 0.3) is 5.91 Å². The molecule has 172 valence electrons. The molecule has 1 aliphatic carbocycles. The van der Waals surface area contributed by atoms with E-state index in [1.165, 1.54) is 0 Å². The minimum atomic E-state index is -0.174. The average molecular weight is 453 g/mol. The van der Waals surface area contributed by atoms with Crippen molar-refractivity contribution in [3.63, 3.8) is 0 Å². The maximum atomic E-state index is 13.4. The third-order valence-electron chi connectivity index (χ3n) is 6.36. The average Bonchev–Trinajstić information content (AvgIpc) is 3.21. The van der Waals surface area contributed by atoms with Gasteiger partial charge in [0, 0.05) is 30.2 Å². The number of para-hydroxylation sites is 2. The summed E-state index contributed by atoms with van der Waals surface area (Å²) >= 11 is 0. The van der Waals surface area contributed by atoms with Crippen LogP contribution in [0.15, 0.2) is 54.7 Å². The number of amides is 1. The van der Waals surface area contributed by atoms with Crippen LogP contribution in [0.2, 0.25) is 0 Å². The van der Waals surface area contributed by atoms with Crippen molar-refractivity contribution in [1.29, 1.82) is 0 Å². The molecule has 7 nitrogen and oxygen atoms in total. The fraction of sp³-hybridized carbons (Fsp3) is 0.259. The monoisotopic (exact) mass is 452 g/mol. The van der Waals surface area contributed by atoms with Crippen molar-refractivity contribution in [3.05, 3.63) is 82.7 Å². The number of aromatic nitrogens is 4. The van der Waals surface area contributed by atoms with Gasteiger partial charge in [0.05, 0.1) is 11.4 Å². The van der Waals surface area contributed by atoms with Crippen molar-refractivity contribution in [2.24, 2.45) is 7.05 Å². The highest BCUT2D eigenvalue weighted by Crippen LogP contribution is 2.35. The first-order valence-corrected chi connectivity index (χ1v) is 11.7. The number of nitrogens with zero attached hydrogens (tertiary/aromatic N) is 4. The van der Waals surface area contributed by atoms with Crippen LogP contribution in [0.25, 0.3) is 11.4 Å². The van der Waals surface area contributed by atoms with E-state index in [9.17, 15) is 4.79 Å². The van der Waals surface area contributed by atoms with Crippen LogP contribution in [0.1, 0.15) is 46.6 Å². The lowest BCUT2D eigenvalue weighted by Crippen LogP contribution is -2.18. The third-order valence-corrected chi connectivity index (χ3v) is 6.36. The molecule has 0 spiro atoms. The molecule has 2 aromatic carbocycles. The number of carbonyl (C=O) groups excluding carboxylic acids is 1. The predicted octanol–water partition coefficient (Wildman–Crippen LogP) is 5.10. The number of rotatable bonds is 6. The molecule has 1 aliphatic rings. The van der Waals surface area contributed by atoms with Gasteiger partial charge in [-0.05, 0) is 54.5 Å². The molecule has 0 bridgehead atoms. The van der Waals surface area contributed by atoms with Crippen LogP contribution in [0.3, 0.4) is 0 Å². The lowest BCUT2D eigenvalue weighted by atomic mass is 9.93. The molecule has 1 amide bonds. The van der Waals surface area contributed by atoms with Gasteiger partial charge in [-0.25, -0.2) is 9.97 Å². The number of hydrogen-bond donors (Lipinski definition) is 2. The first-order chi connectivity index (χ1) is 16.6. The van der Waals surface area contributed by atoms with Crippen molar-refractivity contribution >= 4 is 23.2 Å². The van der Waals surface area contributed by atoms with Gasteiger partial charge in [-0.15, -0.1) is 0 Å². The molecule has 4 aromatic rings. The molecule has 34 heavy (non-hydrogen) atoms. The Morgan fingerprint density at radius 2 is 1.74 bits per heavy atom. The zero-order valence-electron chi connectivity index (χ0n) is 19.7. The first-order valence-electron chi connectivity index (χ1n) is 11.7. The predicted molar refractivity (Wildman–Crippen MR) is 135 cm³/mol. The van der Waals surface area contributed by atoms with Crippen LogP contribution in [-0.4, -0.2) is 25.7 Å². The van der Waals surface area contributed by atoms with Crippen molar-refractivity contribution in [3.8, 4) is 11.4 Å². The van der Waals surface area contributed by atoms with Crippen molar-refractivity contribution < 1.29 is 4.79 Å². The van der Waals surface area contributed by atoms with E-state index in [4.69, 9.17) is 4.98 Å². The number of fused-ring (bicyclic) bond motifs is 3. The molecule has 2 heterocycles. The zero-order chi connectivity index (χ0) is 23.7. The second-order valence-corrected chi connectivity index (χ2v) is 8.47. The van der Waals surface area contributed by atoms with Gasteiger partial charge in [-0.1, -0.05) is 50.2 Å². The fourth-order valence-corrected chi connectivity index (χ4v) is 4.62. The molecule has 7 heteroatoms. The quantitative estimate of drug-likeness (QED) is 0.425. The molecule has 0 saturated heterocycles. The zero-order valence-corrected chi connectivity index (χ0v) is 19.7. The molecular formula is C27H28N6O. The van der Waals surface area contributed by atoms with E-state index < -0.39 is 0 Å². The molecule has 0 aliphatic heterocycles. The summed E-state index contributed by atoms with van der Waals surface area (Å²) in [5, 5.41) is 11.1. The summed E-state index contributed by atoms with van der Waals surface area (Å²) < 4.78 is 1.77. The summed E-state index contributed by atoms with van der Waals surface area (Å²) in [5.74, 6) is 0.349. The summed E-state index contributed by atoms with van der Waals surface area (Å²) in [6.45, 7) is 4.20. The number of benzene rings is 2. The van der Waals surface area contributed by atoms with Crippen LogP contribution >= 0.6 is 0 Å². The van der Waals surface area contributed by atoms with Crippen LogP contribution in [-0.2, 0) is 32.7 Å². The maximum absolute atomic E-state index is 13.4. The largest absolute Gasteiger partial charge is 0.324 e. The van der Waals surface area contributed by atoms with E-state index in [1.807, 2.05) is 49.6 Å². The van der Waals surface area contributed by atoms with E-state index >= 15 is 0 Å². The highest BCUT2D eigenvalue weighted by atomic mass is 16.2. The number of aryl methyl sites for hydroxylation is 4. The molecule has 0 fully saturated rings. The van der Waals surface area contributed by atoms with E-state index in [0.29, 0.717) is 11.6 Å². The second kappa shape index (κ2) is 9.09. The van der Waals surface area contributed by atoms with Crippen molar-refractivity contribution in [1.82, 2.24) is 19.7 Å². The summed E-state index contributed by atoms with van der Waals surface area (Å²) in [5.41, 5.74) is 8.26. The minimum absolute atomic E-state index is 0.174. The normalized spacial score (nSPS) is 12.1. The summed E-state index contributed by atoms with van der Waals surface area (Å²) in [4.78, 5) is 22.7. The topological polar surface area (TPSA) is 84.7 Å². The summed E-state index contributed by atoms with van der Waals surface area (Å²) in [6.07, 6.45) is 5.07. The van der Waals surface area contributed by atoms with Crippen molar-refractivity contribution in [2.75, 3.05) is 10.6 Å². The minimum Gasteiger partial charge on any atom is -0.324 e. The van der Waals surface area contributed by atoms with Gasteiger partial charge < -0.3 is 10.6 Å². The molecule has 0 saturated carbocycles. The second-order valence-electron chi connectivity index (χ2n) is 8.47. The van der Waals surface area contributed by atoms with Gasteiger partial charge in [0.1, 0.15) is 0 Å². The molecule has 0 unspecified atom stereocenters. The van der Waals surface area contributed by atoms with Gasteiger partial charge in [0.15, 0.2) is 5.69 Å². The summed E-state index contributed by atoms with van der Waals surface area (Å²) in [7, 11) is 1.87. The maximum Gasteiger partial charge on any atom is 0.276 e. The van der Waals surface area contributed by atoms with Crippen LogP contribution in [0.5, 0.6) is 0 Å². The van der Waals surface area contributed by atoms with E-state index in [-0.39, 0.29) is 5.91 Å². The molecular weight excluding hydrogens is 424 g/mol. The lowest BCUT2D eigenvalue weighted by Gasteiger charge is -2.18. The SMILES string of the molecule is CCc1cccc(CC)c1NC(=O)c1nn(C)c2c1CCc1cnc(Nc3ccccc3)nc1-2. The Labute approximate surface area is 199 Å². The molecule has 2 aromatic heterocycles. The van der Waals surface area contributed by atoms with Gasteiger partial charge in [0.2, 0.25) is 5.95 Å². The fourth-order valence-electron chi connectivity index (χ4n) is 4.62. The number of carbonyl (C=O) groups is 1. The van der Waals surface area contributed by atoms with Crippen molar-refractivity contribution in [2.45, 2.75) is 39.5 Å². The molecule has 0 radical (unpaired) electrons. The Bertz CT molecular complexity index is 1340. The molecule has 2 N–H and O–H groups in total. The van der Waals surface area contributed by atoms with E-state index in [2.05, 4.69) is 46.7 Å². The highest BCUT2D eigenvalue weighted by Gasteiger charge is 2.29. The smallest absolute Gasteiger partial charge is 0.276 e. The number of nitrogens with one attached hydrogen (secondary N) is 2. The van der Waals surface area contributed by atoms with Gasteiger partial charge >= 0.3 is 0 Å². The highest BCUT2D eigenvalue weighted by molar-refractivity contribution is 6.05. The molecule has 5 rings (SSSR count). The Morgan fingerprint density at radius 1 is 1.00 bits per heavy atom. The molecule has 0 atom stereocenters. The van der Waals surface area contributed by atoms with E-state index in [0.717, 1.165) is 70.7 Å². The Hall–Kier alpha value is -4.00. The summed E-state index contributed by atoms with van der Waals surface area (Å²) in [6, 6.07) is 16.0. The first kappa shape index (κ1) is 21.8. The van der Waals surface area contributed by atoms with Crippen LogP contribution in [0, 0.1) is 0 Å². The number of anilines is 3. The number of hydrogen-bond acceptors (Lipinski definition) is 5. The Morgan fingerprint density at radius 3 is 2.44 bits per heavy atom. The van der Waals surface area contributed by atoms with Crippen LogP contribution in [0.4, 0.5) is 17.3 Å².